The zero-order chi connectivity index (χ0) is 7.78. The molecule has 2 nitrogen and oxygen atoms in total. The van der Waals surface area contributed by atoms with E-state index in [0.717, 1.165) is 0 Å². The summed E-state index contributed by atoms with van der Waals surface area (Å²) >= 11 is 0. The monoisotopic (exact) mass is 152 g/mol. The molecule has 0 aromatic rings. The van der Waals surface area contributed by atoms with Crippen LogP contribution in [0.15, 0.2) is 0 Å². The highest BCUT2D eigenvalue weighted by molar-refractivity contribution is 4.87. The average Bonchev–Trinajstić information content (AvgIpc) is 1.83. The van der Waals surface area contributed by atoms with Crippen molar-refractivity contribution >= 4 is 0 Å². The Kier molecular flexibility index (Phi) is 1.92. The fourth-order valence-electron chi connectivity index (χ4n) is 1.13. The molecule has 0 radical (unpaired) electrons. The Morgan fingerprint density at radius 1 is 1.30 bits per heavy atom. The van der Waals surface area contributed by atoms with E-state index in [2.05, 4.69) is 0 Å². The molecule has 0 spiro atoms. The lowest BCUT2D eigenvalue weighted by molar-refractivity contribution is -0.175. The summed E-state index contributed by atoms with van der Waals surface area (Å²) in [6.07, 6.45) is -2.86. The van der Waals surface area contributed by atoms with Crippen LogP contribution in [-0.2, 0) is 0 Å². The van der Waals surface area contributed by atoms with Crippen molar-refractivity contribution in [2.75, 3.05) is 0 Å². The second-order valence-electron chi connectivity index (χ2n) is 2.67. The van der Waals surface area contributed by atoms with Crippen LogP contribution in [0.25, 0.3) is 0 Å². The van der Waals surface area contributed by atoms with Crippen LogP contribution < -0.4 is 0 Å². The third kappa shape index (κ3) is 1.27. The minimum atomic E-state index is -3.09. The lowest BCUT2D eigenvalue weighted by atomic mass is 9.91. The van der Waals surface area contributed by atoms with Gasteiger partial charge in [0, 0.05) is 6.42 Å². The first-order chi connectivity index (χ1) is 4.54. The van der Waals surface area contributed by atoms with Crippen molar-refractivity contribution in [1.82, 2.24) is 0 Å². The van der Waals surface area contributed by atoms with E-state index in [1.54, 1.807) is 0 Å². The first-order valence-corrected chi connectivity index (χ1v) is 3.28. The Morgan fingerprint density at radius 3 is 2.30 bits per heavy atom. The third-order valence-corrected chi connectivity index (χ3v) is 1.81. The molecule has 10 heavy (non-hydrogen) atoms. The zero-order valence-corrected chi connectivity index (χ0v) is 5.43. The van der Waals surface area contributed by atoms with Gasteiger partial charge in [-0.1, -0.05) is 0 Å². The molecular weight excluding hydrogens is 142 g/mol. The number of alkyl halides is 2. The maximum atomic E-state index is 12.4. The number of hydrogen-bond acceptors (Lipinski definition) is 2. The van der Waals surface area contributed by atoms with Crippen LogP contribution in [0, 0.1) is 0 Å². The van der Waals surface area contributed by atoms with Crippen molar-refractivity contribution < 1.29 is 19.0 Å². The van der Waals surface area contributed by atoms with Gasteiger partial charge in [-0.25, -0.2) is 8.78 Å². The van der Waals surface area contributed by atoms with E-state index >= 15 is 0 Å². The SMILES string of the molecule is O[C@H]1CCCC(F)(F)[C@H]1O. The number of halogens is 2. The van der Waals surface area contributed by atoms with E-state index in [4.69, 9.17) is 10.2 Å². The summed E-state index contributed by atoms with van der Waals surface area (Å²) in [5.41, 5.74) is 0. The molecular formula is C6H10F2O2. The Hall–Kier alpha value is -0.220. The molecule has 1 aliphatic carbocycles. The van der Waals surface area contributed by atoms with Gasteiger partial charge >= 0.3 is 0 Å². The van der Waals surface area contributed by atoms with Gasteiger partial charge in [0.2, 0.25) is 0 Å². The van der Waals surface area contributed by atoms with Crippen LogP contribution in [0.5, 0.6) is 0 Å². The highest BCUT2D eigenvalue weighted by Crippen LogP contribution is 2.33. The number of rotatable bonds is 0. The van der Waals surface area contributed by atoms with Gasteiger partial charge < -0.3 is 10.2 Å². The summed E-state index contributed by atoms with van der Waals surface area (Å²) in [7, 11) is 0. The highest BCUT2D eigenvalue weighted by atomic mass is 19.3. The molecule has 2 atom stereocenters. The van der Waals surface area contributed by atoms with Gasteiger partial charge in [-0.05, 0) is 12.8 Å². The molecule has 1 rings (SSSR count). The molecule has 1 aliphatic rings. The van der Waals surface area contributed by atoms with Crippen molar-refractivity contribution in [2.24, 2.45) is 0 Å². The number of aliphatic hydroxyl groups excluding tert-OH is 2. The normalized spacial score (nSPS) is 39.6. The molecule has 0 aromatic carbocycles. The molecule has 0 saturated heterocycles. The zero-order valence-electron chi connectivity index (χ0n) is 5.43. The standard InChI is InChI=1S/C6H10F2O2/c7-6(8)3-1-2-4(9)5(6)10/h4-5,9-10H,1-3H2/t4-,5-/m0/s1. The van der Waals surface area contributed by atoms with Crippen LogP contribution in [0.4, 0.5) is 8.78 Å². The van der Waals surface area contributed by atoms with Crippen LogP contribution in [0.2, 0.25) is 0 Å². The minimum Gasteiger partial charge on any atom is -0.390 e. The summed E-state index contributed by atoms with van der Waals surface area (Å²) in [5.74, 6) is -3.09. The van der Waals surface area contributed by atoms with Gasteiger partial charge in [-0.3, -0.25) is 0 Å². The van der Waals surface area contributed by atoms with E-state index in [0.29, 0.717) is 0 Å². The third-order valence-electron chi connectivity index (χ3n) is 1.81. The maximum absolute atomic E-state index is 12.4. The molecule has 0 aromatic heterocycles. The van der Waals surface area contributed by atoms with E-state index in [1.807, 2.05) is 0 Å². The minimum absolute atomic E-state index is 0.275. The quantitative estimate of drug-likeness (QED) is 0.531. The fourth-order valence-corrected chi connectivity index (χ4v) is 1.13. The van der Waals surface area contributed by atoms with E-state index in [1.165, 1.54) is 0 Å². The second-order valence-corrected chi connectivity index (χ2v) is 2.67. The van der Waals surface area contributed by atoms with Gasteiger partial charge in [0.25, 0.3) is 5.92 Å². The van der Waals surface area contributed by atoms with E-state index in [-0.39, 0.29) is 19.3 Å². The molecule has 1 saturated carbocycles. The summed E-state index contributed by atoms with van der Waals surface area (Å²) in [5, 5.41) is 17.5. The average molecular weight is 152 g/mol. The maximum Gasteiger partial charge on any atom is 0.276 e. The molecule has 0 heterocycles. The van der Waals surface area contributed by atoms with Gasteiger partial charge in [0.1, 0.15) is 6.10 Å². The fraction of sp³-hybridized carbons (Fsp3) is 1.00. The van der Waals surface area contributed by atoms with Crippen LogP contribution in [0.1, 0.15) is 19.3 Å². The van der Waals surface area contributed by atoms with E-state index in [9.17, 15) is 8.78 Å². The Balaban J connectivity index is 2.60. The summed E-state index contributed by atoms with van der Waals surface area (Å²) < 4.78 is 24.9. The van der Waals surface area contributed by atoms with Gasteiger partial charge in [0.05, 0.1) is 6.10 Å². The summed E-state index contributed by atoms with van der Waals surface area (Å²) in [6.45, 7) is 0. The lowest BCUT2D eigenvalue weighted by Gasteiger charge is -2.31. The molecule has 0 bridgehead atoms. The topological polar surface area (TPSA) is 40.5 Å². The first-order valence-electron chi connectivity index (χ1n) is 3.28. The van der Waals surface area contributed by atoms with Crippen molar-refractivity contribution in [1.29, 1.82) is 0 Å². The largest absolute Gasteiger partial charge is 0.390 e. The molecule has 1 fully saturated rings. The second kappa shape index (κ2) is 2.43. The molecule has 0 aliphatic heterocycles. The van der Waals surface area contributed by atoms with Crippen LogP contribution >= 0.6 is 0 Å². The molecule has 2 N–H and O–H groups in total. The van der Waals surface area contributed by atoms with Gasteiger partial charge in [-0.2, -0.15) is 0 Å². The van der Waals surface area contributed by atoms with Crippen molar-refractivity contribution in [2.45, 2.75) is 37.4 Å². The van der Waals surface area contributed by atoms with Crippen molar-refractivity contribution in [3.05, 3.63) is 0 Å². The van der Waals surface area contributed by atoms with Crippen LogP contribution in [0.3, 0.4) is 0 Å². The van der Waals surface area contributed by atoms with Crippen molar-refractivity contribution in [3.8, 4) is 0 Å². The molecule has 0 unspecified atom stereocenters. The number of aliphatic hydroxyl groups is 2. The smallest absolute Gasteiger partial charge is 0.276 e. The summed E-state index contributed by atoms with van der Waals surface area (Å²) in [4.78, 5) is 0. The lowest BCUT2D eigenvalue weighted by Crippen LogP contribution is -2.46. The Morgan fingerprint density at radius 2 is 1.90 bits per heavy atom. The highest BCUT2D eigenvalue weighted by Gasteiger charge is 2.45. The molecule has 4 heteroatoms. The van der Waals surface area contributed by atoms with Crippen molar-refractivity contribution in [3.63, 3.8) is 0 Å². The predicted molar refractivity (Wildman–Crippen MR) is 30.8 cm³/mol. The molecule has 0 amide bonds. The first kappa shape index (κ1) is 7.88. The Bertz CT molecular complexity index is 127. The molecule has 60 valence electrons. The van der Waals surface area contributed by atoms with Crippen LogP contribution in [-0.4, -0.2) is 28.3 Å². The van der Waals surface area contributed by atoms with E-state index < -0.39 is 18.1 Å². The van der Waals surface area contributed by atoms with Gasteiger partial charge in [-0.15, -0.1) is 0 Å². The predicted octanol–water partition coefficient (Wildman–Crippen LogP) is 0.527. The van der Waals surface area contributed by atoms with Gasteiger partial charge in [0.15, 0.2) is 0 Å². The number of hydrogen-bond donors (Lipinski definition) is 2. The Labute approximate surface area is 57.5 Å². The summed E-state index contributed by atoms with van der Waals surface area (Å²) in [6, 6.07) is 0.